The normalized spacial score (nSPS) is 32.6. The van der Waals surface area contributed by atoms with E-state index in [1.54, 1.807) is 7.05 Å². The van der Waals surface area contributed by atoms with E-state index in [2.05, 4.69) is 43.2 Å². The fraction of sp³-hybridized carbons (Fsp3) is 0.588. The lowest BCUT2D eigenvalue weighted by Crippen LogP contribution is -2.55. The predicted molar refractivity (Wildman–Crippen MR) is 81.3 cm³/mol. The molecule has 1 aromatic carbocycles. The zero-order chi connectivity index (χ0) is 14.5. The molecule has 20 heavy (non-hydrogen) atoms. The second-order valence-corrected chi connectivity index (χ2v) is 6.61. The van der Waals surface area contributed by atoms with Crippen LogP contribution in [-0.4, -0.2) is 37.0 Å². The molecule has 1 heterocycles. The highest BCUT2D eigenvalue weighted by atomic mass is 16.1. The number of piperidine rings is 1. The lowest BCUT2D eigenvalue weighted by atomic mass is 9.63. The van der Waals surface area contributed by atoms with Crippen LogP contribution in [0, 0.1) is 0 Å². The van der Waals surface area contributed by atoms with Crippen molar-refractivity contribution < 1.29 is 4.79 Å². The Morgan fingerprint density at radius 2 is 2.15 bits per heavy atom. The van der Waals surface area contributed by atoms with E-state index in [-0.39, 0.29) is 11.4 Å². The van der Waals surface area contributed by atoms with E-state index in [0.717, 1.165) is 5.56 Å². The summed E-state index contributed by atoms with van der Waals surface area (Å²) in [5.41, 5.74) is 3.84. The van der Waals surface area contributed by atoms with E-state index in [4.69, 9.17) is 0 Å². The van der Waals surface area contributed by atoms with Crippen molar-refractivity contribution in [1.82, 2.24) is 10.2 Å². The number of nitrogens with one attached hydrogen (secondary N) is 1. The number of carbonyl (C=O) groups excluding carboxylic acids is 1. The first-order valence-electron chi connectivity index (χ1n) is 7.54. The number of likely N-dealkylation sites (tertiary alicyclic amines) is 1. The molecule has 0 radical (unpaired) electrons. The first-order chi connectivity index (χ1) is 9.47. The highest BCUT2D eigenvalue weighted by molar-refractivity contribution is 5.94. The van der Waals surface area contributed by atoms with E-state index in [0.29, 0.717) is 11.8 Å². The van der Waals surface area contributed by atoms with Gasteiger partial charge in [0.05, 0.1) is 0 Å². The van der Waals surface area contributed by atoms with Gasteiger partial charge in [-0.2, -0.15) is 0 Å². The summed E-state index contributed by atoms with van der Waals surface area (Å²) in [5, 5.41) is 2.72. The Balaban J connectivity index is 2.10. The minimum absolute atomic E-state index is 0.00856. The summed E-state index contributed by atoms with van der Waals surface area (Å²) >= 11 is 0. The third-order valence-electron chi connectivity index (χ3n) is 5.76. The number of carbonyl (C=O) groups is 1. The Morgan fingerprint density at radius 3 is 2.85 bits per heavy atom. The van der Waals surface area contributed by atoms with Crippen LogP contribution in [-0.2, 0) is 0 Å². The molecule has 1 aliphatic heterocycles. The molecule has 0 saturated carbocycles. The van der Waals surface area contributed by atoms with Crippen LogP contribution in [0.2, 0.25) is 0 Å². The summed E-state index contributed by atoms with van der Waals surface area (Å²) in [5.74, 6) is 1.12. The third-order valence-corrected chi connectivity index (χ3v) is 5.76. The predicted octanol–water partition coefficient (Wildman–Crippen LogP) is 2.73. The number of fused-ring (bicyclic) bond motifs is 4. The Kier molecular flexibility index (Phi) is 3.13. The lowest BCUT2D eigenvalue weighted by Gasteiger charge is -2.54. The molecule has 1 amide bonds. The molecule has 3 heteroatoms. The highest BCUT2D eigenvalue weighted by Crippen LogP contribution is 2.51. The van der Waals surface area contributed by atoms with Crippen molar-refractivity contribution in [2.24, 2.45) is 0 Å². The van der Waals surface area contributed by atoms with Gasteiger partial charge in [-0.05, 0) is 68.5 Å². The van der Waals surface area contributed by atoms with Crippen LogP contribution >= 0.6 is 0 Å². The van der Waals surface area contributed by atoms with Gasteiger partial charge in [0.2, 0.25) is 0 Å². The van der Waals surface area contributed by atoms with Crippen molar-refractivity contribution in [3.05, 3.63) is 34.9 Å². The molecule has 1 fully saturated rings. The zero-order valence-corrected chi connectivity index (χ0v) is 12.9. The molecule has 3 atom stereocenters. The largest absolute Gasteiger partial charge is 0.355 e. The first-order valence-corrected chi connectivity index (χ1v) is 7.54. The van der Waals surface area contributed by atoms with Gasteiger partial charge in [-0.25, -0.2) is 0 Å². The summed E-state index contributed by atoms with van der Waals surface area (Å²) < 4.78 is 0. The second-order valence-electron chi connectivity index (χ2n) is 6.61. The summed E-state index contributed by atoms with van der Waals surface area (Å²) in [6.45, 7) is 5.85. The number of likely N-dealkylation sites (N-methyl/N-ethyl adjacent to an activating group) is 1. The van der Waals surface area contributed by atoms with Crippen molar-refractivity contribution in [2.75, 3.05) is 20.6 Å². The molecule has 1 aromatic rings. The Hall–Kier alpha value is -1.35. The molecule has 2 aliphatic rings. The molecule has 0 aromatic heterocycles. The summed E-state index contributed by atoms with van der Waals surface area (Å²) in [7, 11) is 3.93. The molecule has 108 valence electrons. The van der Waals surface area contributed by atoms with Crippen molar-refractivity contribution >= 4 is 5.91 Å². The van der Waals surface area contributed by atoms with Gasteiger partial charge in [0, 0.05) is 18.2 Å². The minimum atomic E-state index is 0.00856. The quantitative estimate of drug-likeness (QED) is 0.852. The maximum absolute atomic E-state index is 11.9. The van der Waals surface area contributed by atoms with Crippen LogP contribution in [0.4, 0.5) is 0 Å². The van der Waals surface area contributed by atoms with E-state index in [9.17, 15) is 4.79 Å². The first kappa shape index (κ1) is 13.6. The van der Waals surface area contributed by atoms with Gasteiger partial charge in [0.15, 0.2) is 0 Å². The van der Waals surface area contributed by atoms with Crippen LogP contribution in [0.15, 0.2) is 18.2 Å². The van der Waals surface area contributed by atoms with Gasteiger partial charge in [-0.3, -0.25) is 4.79 Å². The molecule has 3 nitrogen and oxygen atoms in total. The third kappa shape index (κ3) is 1.80. The topological polar surface area (TPSA) is 32.3 Å². The van der Waals surface area contributed by atoms with Crippen LogP contribution in [0.5, 0.6) is 0 Å². The van der Waals surface area contributed by atoms with Crippen LogP contribution < -0.4 is 5.32 Å². The second kappa shape index (κ2) is 4.59. The number of hydrogen-bond donors (Lipinski definition) is 1. The monoisotopic (exact) mass is 272 g/mol. The molecule has 2 bridgehead atoms. The average Bonchev–Trinajstić information content (AvgIpc) is 2.47. The highest BCUT2D eigenvalue weighted by Gasteiger charge is 2.46. The summed E-state index contributed by atoms with van der Waals surface area (Å²) in [4.78, 5) is 14.4. The lowest BCUT2D eigenvalue weighted by molar-refractivity contribution is 0.0457. The molecule has 1 N–H and O–H groups in total. The van der Waals surface area contributed by atoms with Crippen molar-refractivity contribution in [2.45, 2.75) is 44.1 Å². The molecular formula is C17H24N2O. The fourth-order valence-electron chi connectivity index (χ4n) is 4.08. The fourth-order valence-corrected chi connectivity index (χ4v) is 4.08. The van der Waals surface area contributed by atoms with Gasteiger partial charge < -0.3 is 10.2 Å². The maximum Gasteiger partial charge on any atom is 0.251 e. The SMILES string of the molecule is CNC(=O)c1ccc2c(c1)C(C)C1(C)CC2CCN1C. The van der Waals surface area contributed by atoms with Gasteiger partial charge in [-0.15, -0.1) is 0 Å². The van der Waals surface area contributed by atoms with E-state index in [1.165, 1.54) is 30.5 Å². The van der Waals surface area contributed by atoms with Crippen molar-refractivity contribution in [3.8, 4) is 0 Å². The number of hydrogen-bond acceptors (Lipinski definition) is 2. The van der Waals surface area contributed by atoms with Gasteiger partial charge in [-0.1, -0.05) is 13.0 Å². The molecule has 1 aliphatic carbocycles. The zero-order valence-electron chi connectivity index (χ0n) is 12.9. The molecule has 3 unspecified atom stereocenters. The molecule has 3 rings (SSSR count). The van der Waals surface area contributed by atoms with Gasteiger partial charge >= 0.3 is 0 Å². The van der Waals surface area contributed by atoms with Gasteiger partial charge in [0.1, 0.15) is 0 Å². The molecule has 1 saturated heterocycles. The number of benzene rings is 1. The number of rotatable bonds is 1. The maximum atomic E-state index is 11.9. The molecule has 0 spiro atoms. The Labute approximate surface area is 121 Å². The summed E-state index contributed by atoms with van der Waals surface area (Å²) in [6.07, 6.45) is 2.46. The van der Waals surface area contributed by atoms with E-state index in [1.807, 2.05) is 6.07 Å². The van der Waals surface area contributed by atoms with E-state index >= 15 is 0 Å². The van der Waals surface area contributed by atoms with Crippen LogP contribution in [0.25, 0.3) is 0 Å². The van der Waals surface area contributed by atoms with Crippen LogP contribution in [0.3, 0.4) is 0 Å². The Morgan fingerprint density at radius 1 is 1.40 bits per heavy atom. The standard InChI is InChI=1S/C17H24N2O/c1-11-15-9-12(16(20)18-3)5-6-14(15)13-7-8-19(4)17(11,2)10-13/h5-6,9,11,13H,7-8,10H2,1-4H3,(H,18,20). The minimum Gasteiger partial charge on any atom is -0.355 e. The van der Waals surface area contributed by atoms with Crippen molar-refractivity contribution in [3.63, 3.8) is 0 Å². The van der Waals surface area contributed by atoms with Crippen molar-refractivity contribution in [1.29, 1.82) is 0 Å². The summed E-state index contributed by atoms with van der Waals surface area (Å²) in [6, 6.07) is 6.28. The van der Waals surface area contributed by atoms with E-state index < -0.39 is 0 Å². The number of amides is 1. The Bertz CT molecular complexity index is 554. The molecular weight excluding hydrogens is 248 g/mol. The average molecular weight is 272 g/mol. The smallest absolute Gasteiger partial charge is 0.251 e. The van der Waals surface area contributed by atoms with Crippen LogP contribution in [0.1, 0.15) is 60.0 Å². The number of nitrogens with zero attached hydrogens (tertiary/aromatic N) is 1. The van der Waals surface area contributed by atoms with Gasteiger partial charge in [0.25, 0.3) is 5.91 Å².